The number of carbonyl (C=O) groups excluding carboxylic acids is 1. The molecule has 0 saturated heterocycles. The Morgan fingerprint density at radius 1 is 0.909 bits per heavy atom. The molecule has 3 N–H and O–H groups in total. The van der Waals surface area contributed by atoms with Crippen molar-refractivity contribution in [3.8, 4) is 0 Å². The van der Waals surface area contributed by atoms with Crippen LogP contribution in [0.15, 0.2) is 54.6 Å². The highest BCUT2D eigenvalue weighted by atomic mass is 16.1. The van der Waals surface area contributed by atoms with E-state index in [1.165, 1.54) is 5.56 Å². The van der Waals surface area contributed by atoms with Crippen molar-refractivity contribution in [3.05, 3.63) is 65.7 Å². The van der Waals surface area contributed by atoms with Crippen molar-refractivity contribution in [2.75, 3.05) is 11.9 Å². The SMILES string of the molecule is NCCCCCC(=O)Nc1ccccc1Cc1ccccc1. The summed E-state index contributed by atoms with van der Waals surface area (Å²) in [6.45, 7) is 0.696. The summed E-state index contributed by atoms with van der Waals surface area (Å²) in [4.78, 5) is 12.0. The molecule has 116 valence electrons. The first-order valence-corrected chi connectivity index (χ1v) is 7.91. The fourth-order valence-electron chi connectivity index (χ4n) is 2.43. The molecule has 1 amide bonds. The highest BCUT2D eigenvalue weighted by Crippen LogP contribution is 2.19. The molecule has 2 aromatic carbocycles. The van der Waals surface area contributed by atoms with E-state index in [1.54, 1.807) is 0 Å². The Morgan fingerprint density at radius 2 is 1.64 bits per heavy atom. The van der Waals surface area contributed by atoms with Crippen LogP contribution in [0.2, 0.25) is 0 Å². The lowest BCUT2D eigenvalue weighted by Crippen LogP contribution is -2.13. The number of unbranched alkanes of at least 4 members (excludes halogenated alkanes) is 2. The molecular weight excluding hydrogens is 272 g/mol. The maximum Gasteiger partial charge on any atom is 0.224 e. The average molecular weight is 296 g/mol. The number of carbonyl (C=O) groups is 1. The van der Waals surface area contributed by atoms with Crippen molar-refractivity contribution in [3.63, 3.8) is 0 Å². The molecule has 0 bridgehead atoms. The monoisotopic (exact) mass is 296 g/mol. The second-order valence-corrected chi connectivity index (χ2v) is 5.47. The van der Waals surface area contributed by atoms with Crippen LogP contribution < -0.4 is 11.1 Å². The van der Waals surface area contributed by atoms with Crippen LogP contribution in [0.25, 0.3) is 0 Å². The van der Waals surface area contributed by atoms with Gasteiger partial charge in [-0.2, -0.15) is 0 Å². The van der Waals surface area contributed by atoms with Crippen LogP contribution in [0.5, 0.6) is 0 Å². The number of rotatable bonds is 8. The fraction of sp³-hybridized carbons (Fsp3) is 0.316. The van der Waals surface area contributed by atoms with E-state index in [-0.39, 0.29) is 5.91 Å². The molecule has 0 spiro atoms. The number of anilines is 1. The molecule has 0 aliphatic heterocycles. The molecule has 0 aliphatic rings. The van der Waals surface area contributed by atoms with Gasteiger partial charge < -0.3 is 11.1 Å². The standard InChI is InChI=1S/C19H24N2O/c20-14-8-2-5-13-19(22)21-18-12-7-6-11-17(18)15-16-9-3-1-4-10-16/h1,3-4,6-7,9-12H,2,5,8,13-15,20H2,(H,21,22). The first-order valence-electron chi connectivity index (χ1n) is 7.91. The number of nitrogens with two attached hydrogens (primary N) is 1. The van der Waals surface area contributed by atoms with E-state index in [1.807, 2.05) is 36.4 Å². The quantitative estimate of drug-likeness (QED) is 0.729. The molecule has 0 aliphatic carbocycles. The number of benzene rings is 2. The third-order valence-corrected chi connectivity index (χ3v) is 3.64. The number of hydrogen-bond donors (Lipinski definition) is 2. The highest BCUT2D eigenvalue weighted by Gasteiger charge is 2.07. The molecule has 2 rings (SSSR count). The zero-order chi connectivity index (χ0) is 15.6. The van der Waals surface area contributed by atoms with E-state index < -0.39 is 0 Å². The van der Waals surface area contributed by atoms with Crippen molar-refractivity contribution in [2.45, 2.75) is 32.1 Å². The molecular formula is C19H24N2O. The largest absolute Gasteiger partial charge is 0.330 e. The minimum Gasteiger partial charge on any atom is -0.330 e. The molecule has 0 fully saturated rings. The number of para-hydroxylation sites is 1. The third kappa shape index (κ3) is 5.34. The summed E-state index contributed by atoms with van der Waals surface area (Å²) in [6, 6.07) is 18.3. The van der Waals surface area contributed by atoms with Crippen molar-refractivity contribution in [1.82, 2.24) is 0 Å². The molecule has 2 aromatic rings. The number of nitrogens with one attached hydrogen (secondary N) is 1. The zero-order valence-electron chi connectivity index (χ0n) is 12.9. The van der Waals surface area contributed by atoms with Crippen molar-refractivity contribution in [2.24, 2.45) is 5.73 Å². The Morgan fingerprint density at radius 3 is 2.41 bits per heavy atom. The summed E-state index contributed by atoms with van der Waals surface area (Å²) in [5, 5.41) is 3.04. The predicted octanol–water partition coefficient (Wildman–Crippen LogP) is 3.74. The van der Waals surface area contributed by atoms with Gasteiger partial charge in [0.15, 0.2) is 0 Å². The summed E-state index contributed by atoms with van der Waals surface area (Å²) in [5.41, 5.74) is 8.76. The Kier molecular flexibility index (Phi) is 6.65. The lowest BCUT2D eigenvalue weighted by Gasteiger charge is -2.11. The average Bonchev–Trinajstić information content (AvgIpc) is 2.54. The van der Waals surface area contributed by atoms with Gasteiger partial charge in [-0.1, -0.05) is 55.0 Å². The molecule has 0 atom stereocenters. The smallest absolute Gasteiger partial charge is 0.224 e. The van der Waals surface area contributed by atoms with Gasteiger partial charge in [0.2, 0.25) is 5.91 Å². The lowest BCUT2D eigenvalue weighted by molar-refractivity contribution is -0.116. The maximum atomic E-state index is 12.0. The minimum absolute atomic E-state index is 0.0810. The third-order valence-electron chi connectivity index (χ3n) is 3.64. The van der Waals surface area contributed by atoms with Crippen LogP contribution in [0.4, 0.5) is 5.69 Å². The van der Waals surface area contributed by atoms with Gasteiger partial charge in [0, 0.05) is 12.1 Å². The van der Waals surface area contributed by atoms with Gasteiger partial charge in [0.1, 0.15) is 0 Å². The molecule has 22 heavy (non-hydrogen) atoms. The van der Waals surface area contributed by atoms with Gasteiger partial charge in [0.05, 0.1) is 0 Å². The zero-order valence-corrected chi connectivity index (χ0v) is 12.9. The lowest BCUT2D eigenvalue weighted by atomic mass is 10.0. The summed E-state index contributed by atoms with van der Waals surface area (Å²) in [6.07, 6.45) is 4.27. The van der Waals surface area contributed by atoms with Gasteiger partial charge in [-0.05, 0) is 43.0 Å². The Labute approximate surface area is 132 Å². The Bertz CT molecular complexity index is 581. The Hall–Kier alpha value is -2.13. The first kappa shape index (κ1) is 16.2. The molecule has 0 aromatic heterocycles. The summed E-state index contributed by atoms with van der Waals surface area (Å²) in [5.74, 6) is 0.0810. The van der Waals surface area contributed by atoms with E-state index in [2.05, 4.69) is 23.5 Å². The van der Waals surface area contributed by atoms with Crippen LogP contribution in [0.3, 0.4) is 0 Å². The van der Waals surface area contributed by atoms with Crippen LogP contribution in [0.1, 0.15) is 36.8 Å². The van der Waals surface area contributed by atoms with Gasteiger partial charge in [0.25, 0.3) is 0 Å². The highest BCUT2D eigenvalue weighted by molar-refractivity contribution is 5.91. The Balaban J connectivity index is 1.95. The maximum absolute atomic E-state index is 12.0. The van der Waals surface area contributed by atoms with Gasteiger partial charge in [-0.15, -0.1) is 0 Å². The molecule has 0 unspecified atom stereocenters. The number of hydrogen-bond acceptors (Lipinski definition) is 2. The second kappa shape index (κ2) is 9.00. The van der Waals surface area contributed by atoms with Crippen LogP contribution in [0, 0.1) is 0 Å². The molecule has 0 radical (unpaired) electrons. The van der Waals surface area contributed by atoms with Gasteiger partial charge in [-0.25, -0.2) is 0 Å². The van der Waals surface area contributed by atoms with Crippen molar-refractivity contribution < 1.29 is 4.79 Å². The second-order valence-electron chi connectivity index (χ2n) is 5.47. The molecule has 3 heteroatoms. The van der Waals surface area contributed by atoms with Gasteiger partial charge >= 0.3 is 0 Å². The molecule has 3 nitrogen and oxygen atoms in total. The van der Waals surface area contributed by atoms with E-state index in [4.69, 9.17) is 5.73 Å². The van der Waals surface area contributed by atoms with Crippen LogP contribution in [-0.2, 0) is 11.2 Å². The summed E-state index contributed by atoms with van der Waals surface area (Å²) < 4.78 is 0. The number of amides is 1. The van der Waals surface area contributed by atoms with E-state index in [9.17, 15) is 4.79 Å². The van der Waals surface area contributed by atoms with Crippen molar-refractivity contribution in [1.29, 1.82) is 0 Å². The topological polar surface area (TPSA) is 55.1 Å². The fourth-order valence-corrected chi connectivity index (χ4v) is 2.43. The first-order chi connectivity index (χ1) is 10.8. The summed E-state index contributed by atoms with van der Waals surface area (Å²) >= 11 is 0. The normalized spacial score (nSPS) is 10.4. The van der Waals surface area contributed by atoms with E-state index >= 15 is 0 Å². The van der Waals surface area contributed by atoms with Crippen LogP contribution >= 0.6 is 0 Å². The minimum atomic E-state index is 0.0810. The molecule has 0 heterocycles. The van der Waals surface area contributed by atoms with Gasteiger partial charge in [-0.3, -0.25) is 4.79 Å². The van der Waals surface area contributed by atoms with Crippen LogP contribution in [-0.4, -0.2) is 12.5 Å². The summed E-state index contributed by atoms with van der Waals surface area (Å²) in [7, 11) is 0. The van der Waals surface area contributed by atoms with Crippen molar-refractivity contribution >= 4 is 11.6 Å². The van der Waals surface area contributed by atoms with E-state index in [0.29, 0.717) is 13.0 Å². The van der Waals surface area contributed by atoms with E-state index in [0.717, 1.165) is 36.9 Å². The predicted molar refractivity (Wildman–Crippen MR) is 91.8 cm³/mol. The molecule has 0 saturated carbocycles.